The van der Waals surface area contributed by atoms with Gasteiger partial charge < -0.3 is 10.1 Å². The molecule has 1 aliphatic rings. The molecule has 166 valence electrons. The number of halogens is 4. The molecule has 1 amide bonds. The summed E-state index contributed by atoms with van der Waals surface area (Å²) in [5.41, 5.74) is -0.208. The molecule has 1 saturated carbocycles. The number of rotatable bonds is 9. The second-order valence-corrected chi connectivity index (χ2v) is 7.60. The number of aryl methyl sites for hydroxylation is 1. The summed E-state index contributed by atoms with van der Waals surface area (Å²) in [6.45, 7) is 2.04. The largest absolute Gasteiger partial charge is 0.477 e. The number of hydrogen-bond donors (Lipinski definition) is 1. The van der Waals surface area contributed by atoms with E-state index in [0.29, 0.717) is 24.1 Å². The van der Waals surface area contributed by atoms with Gasteiger partial charge in [-0.15, -0.1) is 0 Å². The van der Waals surface area contributed by atoms with Crippen LogP contribution in [-0.2, 0) is 17.4 Å². The summed E-state index contributed by atoms with van der Waals surface area (Å²) in [4.78, 5) is 36.3. The van der Waals surface area contributed by atoms with Crippen LogP contribution in [0.2, 0.25) is 5.02 Å². The lowest BCUT2D eigenvalue weighted by molar-refractivity contribution is -0.137. The van der Waals surface area contributed by atoms with Crippen LogP contribution >= 0.6 is 11.6 Å². The first-order valence-electron chi connectivity index (χ1n) is 9.64. The predicted molar refractivity (Wildman–Crippen MR) is 105 cm³/mol. The van der Waals surface area contributed by atoms with Crippen LogP contribution in [0.4, 0.5) is 13.2 Å². The highest BCUT2D eigenvalue weighted by Gasteiger charge is 2.32. The average Bonchev–Trinajstić information content (AvgIpc) is 3.52. The zero-order valence-electron chi connectivity index (χ0n) is 16.6. The Kier molecular flexibility index (Phi) is 7.09. The van der Waals surface area contributed by atoms with Crippen molar-refractivity contribution in [2.45, 2.75) is 38.8 Å². The lowest BCUT2D eigenvalue weighted by Crippen LogP contribution is -2.27. The average molecular weight is 457 g/mol. The van der Waals surface area contributed by atoms with Gasteiger partial charge in [-0.3, -0.25) is 9.59 Å². The van der Waals surface area contributed by atoms with Gasteiger partial charge in [0.25, 0.3) is 5.91 Å². The van der Waals surface area contributed by atoms with E-state index >= 15 is 0 Å². The Bertz CT molecular complexity index is 981. The maximum absolute atomic E-state index is 12.6. The van der Waals surface area contributed by atoms with Crippen molar-refractivity contribution in [1.29, 1.82) is 0 Å². The monoisotopic (exact) mass is 456 g/mol. The number of Topliss-reactive ketones (excluding diaryl/α,β-unsaturated/α-hetero) is 1. The number of nitrogens with one attached hydrogen (secondary N) is 1. The number of amides is 1. The number of nitrogens with zero attached hydrogens (tertiary/aromatic N) is 3. The summed E-state index contributed by atoms with van der Waals surface area (Å²) >= 11 is 5.77. The highest BCUT2D eigenvalue weighted by molar-refractivity contribution is 6.31. The molecule has 2 heterocycles. The van der Waals surface area contributed by atoms with Gasteiger partial charge in [-0.1, -0.05) is 11.6 Å². The number of pyridine rings is 1. The summed E-state index contributed by atoms with van der Waals surface area (Å²) in [5, 5.41) is 2.43. The Labute approximate surface area is 181 Å². The van der Waals surface area contributed by atoms with E-state index in [2.05, 4.69) is 20.3 Å². The topological polar surface area (TPSA) is 94.1 Å². The van der Waals surface area contributed by atoms with Crippen molar-refractivity contribution >= 4 is 23.3 Å². The van der Waals surface area contributed by atoms with Crippen LogP contribution < -0.4 is 10.1 Å². The molecule has 7 nitrogen and oxygen atoms in total. The minimum atomic E-state index is -4.54. The molecule has 31 heavy (non-hydrogen) atoms. The number of ketones is 1. The minimum Gasteiger partial charge on any atom is -0.477 e. The SMILES string of the molecule is Cc1cc(C(=O)NCCCOc2ncc(C(F)(F)F)cc2Cl)nc(CC(=O)C2CC2)n1. The number of alkyl halides is 3. The van der Waals surface area contributed by atoms with E-state index in [1.807, 2.05) is 0 Å². The summed E-state index contributed by atoms with van der Waals surface area (Å²) in [5.74, 6) is -0.0270. The van der Waals surface area contributed by atoms with Gasteiger partial charge in [0.05, 0.1) is 18.6 Å². The zero-order chi connectivity index (χ0) is 22.6. The van der Waals surface area contributed by atoms with Gasteiger partial charge >= 0.3 is 6.18 Å². The maximum atomic E-state index is 12.6. The zero-order valence-corrected chi connectivity index (χ0v) is 17.4. The highest BCUT2D eigenvalue weighted by atomic mass is 35.5. The molecule has 0 aliphatic heterocycles. The Morgan fingerprint density at radius 2 is 2.00 bits per heavy atom. The van der Waals surface area contributed by atoms with Gasteiger partial charge in [0.1, 0.15) is 22.3 Å². The molecule has 0 bridgehead atoms. The third kappa shape index (κ3) is 6.61. The summed E-state index contributed by atoms with van der Waals surface area (Å²) < 4.78 is 43.1. The molecule has 0 aromatic carbocycles. The molecule has 0 spiro atoms. The van der Waals surface area contributed by atoms with Crippen molar-refractivity contribution in [1.82, 2.24) is 20.3 Å². The molecule has 1 fully saturated rings. The van der Waals surface area contributed by atoms with E-state index < -0.39 is 17.6 Å². The third-order valence-electron chi connectivity index (χ3n) is 4.48. The Balaban J connectivity index is 1.46. The number of carbonyl (C=O) groups is 2. The molecule has 0 unspecified atom stereocenters. The first-order valence-corrected chi connectivity index (χ1v) is 10.0. The predicted octanol–water partition coefficient (Wildman–Crippen LogP) is 3.57. The van der Waals surface area contributed by atoms with Crippen molar-refractivity contribution in [2.24, 2.45) is 5.92 Å². The molecule has 1 N–H and O–H groups in total. The van der Waals surface area contributed by atoms with Gasteiger partial charge in [-0.2, -0.15) is 13.2 Å². The number of aromatic nitrogens is 3. The molecule has 11 heteroatoms. The summed E-state index contributed by atoms with van der Waals surface area (Å²) in [7, 11) is 0. The molecular weight excluding hydrogens is 437 g/mol. The molecule has 1 aliphatic carbocycles. The molecule has 2 aromatic heterocycles. The van der Waals surface area contributed by atoms with Crippen LogP contribution in [0.5, 0.6) is 5.88 Å². The third-order valence-corrected chi connectivity index (χ3v) is 4.75. The molecule has 0 atom stereocenters. The fraction of sp³-hybridized carbons (Fsp3) is 0.450. The van der Waals surface area contributed by atoms with Gasteiger partial charge in [-0.05, 0) is 38.3 Å². The van der Waals surface area contributed by atoms with Crippen molar-refractivity contribution in [3.05, 3.63) is 46.1 Å². The highest BCUT2D eigenvalue weighted by Crippen LogP contribution is 2.33. The van der Waals surface area contributed by atoms with E-state index in [-0.39, 0.29) is 47.9 Å². The quantitative estimate of drug-likeness (QED) is 0.580. The van der Waals surface area contributed by atoms with Crippen LogP contribution in [0.3, 0.4) is 0 Å². The number of ether oxygens (including phenoxy) is 1. The molecule has 3 rings (SSSR count). The molecule has 2 aromatic rings. The minimum absolute atomic E-state index is 0.0856. The van der Waals surface area contributed by atoms with E-state index in [1.54, 1.807) is 6.92 Å². The first-order chi connectivity index (χ1) is 14.6. The second-order valence-electron chi connectivity index (χ2n) is 7.19. The van der Waals surface area contributed by atoms with Gasteiger partial charge in [-0.25, -0.2) is 15.0 Å². The summed E-state index contributed by atoms with van der Waals surface area (Å²) in [6, 6.07) is 2.28. The van der Waals surface area contributed by atoms with Crippen molar-refractivity contribution in [2.75, 3.05) is 13.2 Å². The fourth-order valence-corrected chi connectivity index (χ4v) is 2.97. The Morgan fingerprint density at radius 1 is 1.26 bits per heavy atom. The van der Waals surface area contributed by atoms with Crippen LogP contribution in [0.25, 0.3) is 0 Å². The van der Waals surface area contributed by atoms with Crippen LogP contribution in [0.1, 0.15) is 46.8 Å². The lowest BCUT2D eigenvalue weighted by Gasteiger charge is -2.10. The van der Waals surface area contributed by atoms with Crippen molar-refractivity contribution < 1.29 is 27.5 Å². The Morgan fingerprint density at radius 3 is 2.65 bits per heavy atom. The van der Waals surface area contributed by atoms with E-state index in [1.165, 1.54) is 6.07 Å². The van der Waals surface area contributed by atoms with Crippen molar-refractivity contribution in [3.8, 4) is 5.88 Å². The van der Waals surface area contributed by atoms with Crippen LogP contribution in [0, 0.1) is 12.8 Å². The van der Waals surface area contributed by atoms with Gasteiger partial charge in [0.2, 0.25) is 5.88 Å². The smallest absolute Gasteiger partial charge is 0.417 e. The molecular formula is C20H20ClF3N4O3. The molecule has 0 saturated heterocycles. The summed E-state index contributed by atoms with van der Waals surface area (Å²) in [6.07, 6.45) is -1.63. The Hall–Kier alpha value is -2.75. The van der Waals surface area contributed by atoms with Gasteiger partial charge in [0, 0.05) is 24.4 Å². The van der Waals surface area contributed by atoms with E-state index in [4.69, 9.17) is 16.3 Å². The number of hydrogen-bond acceptors (Lipinski definition) is 6. The number of carbonyl (C=O) groups excluding carboxylic acids is 2. The normalized spacial score (nSPS) is 13.7. The standard InChI is InChI=1S/C20H20ClF3N4O3/c1-11-7-15(28-17(27-11)9-16(29)12-3-4-12)18(30)25-5-2-6-31-19-14(21)8-13(10-26-19)20(22,23)24/h7-8,10,12H,2-6,9H2,1H3,(H,25,30). The van der Waals surface area contributed by atoms with E-state index in [9.17, 15) is 22.8 Å². The molecule has 0 radical (unpaired) electrons. The van der Waals surface area contributed by atoms with Crippen molar-refractivity contribution in [3.63, 3.8) is 0 Å². The van der Waals surface area contributed by atoms with Crippen LogP contribution in [-0.4, -0.2) is 39.8 Å². The fourth-order valence-electron chi connectivity index (χ4n) is 2.75. The maximum Gasteiger partial charge on any atom is 0.417 e. The van der Waals surface area contributed by atoms with Crippen LogP contribution in [0.15, 0.2) is 18.3 Å². The van der Waals surface area contributed by atoms with Gasteiger partial charge in [0.15, 0.2) is 0 Å². The van der Waals surface area contributed by atoms with E-state index in [0.717, 1.165) is 18.9 Å². The lowest BCUT2D eigenvalue weighted by atomic mass is 10.2. The second kappa shape index (κ2) is 9.59. The first kappa shape index (κ1) is 22.9.